The second-order valence-electron chi connectivity index (χ2n) is 4.81. The molecule has 0 fully saturated rings. The van der Waals surface area contributed by atoms with Crippen LogP contribution in [0.4, 0.5) is 0 Å². The Hall–Kier alpha value is -1.02. The topological polar surface area (TPSA) is 21.3 Å². The van der Waals surface area contributed by atoms with Gasteiger partial charge in [0.1, 0.15) is 11.9 Å². The number of ether oxygens (including phenoxy) is 1. The Labute approximate surface area is 98.0 Å². The summed E-state index contributed by atoms with van der Waals surface area (Å²) in [4.78, 5) is 0. The van der Waals surface area contributed by atoms with Gasteiger partial charge >= 0.3 is 0 Å². The van der Waals surface area contributed by atoms with Crippen molar-refractivity contribution in [2.45, 2.75) is 45.8 Å². The molecule has 0 aromatic heterocycles. The van der Waals surface area contributed by atoms with Crippen molar-refractivity contribution in [1.82, 2.24) is 5.32 Å². The third-order valence-corrected chi connectivity index (χ3v) is 3.24. The van der Waals surface area contributed by atoms with Crippen LogP contribution in [0.5, 0.6) is 5.75 Å². The summed E-state index contributed by atoms with van der Waals surface area (Å²) in [6.07, 6.45) is 0.234. The van der Waals surface area contributed by atoms with Gasteiger partial charge in [-0.05, 0) is 31.0 Å². The van der Waals surface area contributed by atoms with Crippen molar-refractivity contribution in [2.24, 2.45) is 0 Å². The van der Waals surface area contributed by atoms with E-state index in [0.29, 0.717) is 12.0 Å². The molecule has 0 amide bonds. The maximum atomic E-state index is 5.84. The van der Waals surface area contributed by atoms with Crippen molar-refractivity contribution in [2.75, 3.05) is 6.54 Å². The van der Waals surface area contributed by atoms with Crippen molar-refractivity contribution < 1.29 is 4.74 Å². The second kappa shape index (κ2) is 4.46. The van der Waals surface area contributed by atoms with E-state index in [2.05, 4.69) is 51.2 Å². The molecule has 1 aromatic rings. The highest BCUT2D eigenvalue weighted by atomic mass is 16.5. The number of hydrogen-bond acceptors (Lipinski definition) is 2. The molecule has 2 atom stereocenters. The molecule has 1 aliphatic rings. The lowest BCUT2D eigenvalue weighted by atomic mass is 9.97. The Morgan fingerprint density at radius 2 is 2.12 bits per heavy atom. The van der Waals surface area contributed by atoms with Gasteiger partial charge in [-0.1, -0.05) is 32.9 Å². The minimum absolute atomic E-state index is 0.234. The lowest BCUT2D eigenvalue weighted by molar-refractivity contribution is 0.211. The molecule has 0 bridgehead atoms. The summed E-state index contributed by atoms with van der Waals surface area (Å²) >= 11 is 0. The zero-order valence-electron chi connectivity index (χ0n) is 10.6. The van der Waals surface area contributed by atoms with Crippen LogP contribution in [0.25, 0.3) is 0 Å². The smallest absolute Gasteiger partial charge is 0.124 e. The molecule has 1 aromatic carbocycles. The van der Waals surface area contributed by atoms with Gasteiger partial charge in [0.15, 0.2) is 0 Å². The first-order valence-electron chi connectivity index (χ1n) is 6.17. The van der Waals surface area contributed by atoms with Crippen LogP contribution in [0.1, 0.15) is 50.8 Å². The summed E-state index contributed by atoms with van der Waals surface area (Å²) in [5.74, 6) is 1.62. The van der Waals surface area contributed by atoms with Crippen LogP contribution in [0.3, 0.4) is 0 Å². The highest BCUT2D eigenvalue weighted by Gasteiger charge is 2.30. The van der Waals surface area contributed by atoms with Crippen LogP contribution in [0.2, 0.25) is 0 Å². The summed E-state index contributed by atoms with van der Waals surface area (Å²) in [6.45, 7) is 9.69. The van der Waals surface area contributed by atoms with Crippen molar-refractivity contribution in [3.05, 3.63) is 29.3 Å². The van der Waals surface area contributed by atoms with Gasteiger partial charge in [0, 0.05) is 5.56 Å². The predicted octanol–water partition coefficient (Wildman–Crippen LogP) is 3.24. The Morgan fingerprint density at radius 1 is 1.38 bits per heavy atom. The van der Waals surface area contributed by atoms with Gasteiger partial charge in [0.2, 0.25) is 0 Å². The van der Waals surface area contributed by atoms with E-state index in [1.165, 1.54) is 11.1 Å². The molecule has 2 heteroatoms. The molecule has 2 nitrogen and oxygen atoms in total. The Kier molecular flexibility index (Phi) is 3.20. The van der Waals surface area contributed by atoms with E-state index in [9.17, 15) is 0 Å². The molecule has 88 valence electrons. The molecular weight excluding hydrogens is 198 g/mol. The third kappa shape index (κ3) is 1.94. The fourth-order valence-corrected chi connectivity index (χ4v) is 2.29. The van der Waals surface area contributed by atoms with E-state index in [1.54, 1.807) is 0 Å². The lowest BCUT2D eigenvalue weighted by Gasteiger charge is -2.15. The molecule has 2 rings (SSSR count). The zero-order chi connectivity index (χ0) is 11.7. The van der Waals surface area contributed by atoms with Crippen LogP contribution in [0, 0.1) is 0 Å². The van der Waals surface area contributed by atoms with Crippen LogP contribution < -0.4 is 10.1 Å². The Morgan fingerprint density at radius 3 is 2.75 bits per heavy atom. The predicted molar refractivity (Wildman–Crippen MR) is 67.0 cm³/mol. The molecule has 0 spiro atoms. The zero-order valence-corrected chi connectivity index (χ0v) is 10.6. The van der Waals surface area contributed by atoms with Gasteiger partial charge in [-0.25, -0.2) is 0 Å². The molecule has 1 N–H and O–H groups in total. The summed E-state index contributed by atoms with van der Waals surface area (Å²) in [6, 6.07) is 6.92. The molecule has 0 saturated carbocycles. The number of fused-ring (bicyclic) bond motifs is 1. The van der Waals surface area contributed by atoms with Gasteiger partial charge in [0.05, 0.1) is 6.04 Å². The number of likely N-dealkylation sites (N-methyl/N-ethyl adjacent to an activating group) is 1. The average Bonchev–Trinajstić information content (AvgIpc) is 2.55. The maximum absolute atomic E-state index is 5.84. The number of hydrogen-bond donors (Lipinski definition) is 1. The fourth-order valence-electron chi connectivity index (χ4n) is 2.29. The van der Waals surface area contributed by atoms with Crippen LogP contribution in [-0.4, -0.2) is 12.6 Å². The minimum Gasteiger partial charge on any atom is -0.488 e. The monoisotopic (exact) mass is 219 g/mol. The van der Waals surface area contributed by atoms with E-state index in [1.807, 2.05) is 0 Å². The van der Waals surface area contributed by atoms with Gasteiger partial charge in [-0.3, -0.25) is 0 Å². The average molecular weight is 219 g/mol. The number of benzene rings is 1. The first-order valence-corrected chi connectivity index (χ1v) is 6.17. The van der Waals surface area contributed by atoms with E-state index in [4.69, 9.17) is 4.74 Å². The highest BCUT2D eigenvalue weighted by molar-refractivity contribution is 5.44. The first-order chi connectivity index (χ1) is 7.63. The fraction of sp³-hybridized carbons (Fsp3) is 0.571. The molecule has 16 heavy (non-hydrogen) atoms. The number of nitrogens with one attached hydrogen (secondary N) is 1. The van der Waals surface area contributed by atoms with E-state index in [0.717, 1.165) is 12.3 Å². The first kappa shape index (κ1) is 11.5. The Balaban J connectivity index is 2.34. The van der Waals surface area contributed by atoms with Gasteiger partial charge in [0.25, 0.3) is 0 Å². The summed E-state index contributed by atoms with van der Waals surface area (Å²) in [7, 11) is 0. The second-order valence-corrected chi connectivity index (χ2v) is 4.81. The molecule has 2 unspecified atom stereocenters. The van der Waals surface area contributed by atoms with E-state index >= 15 is 0 Å². The maximum Gasteiger partial charge on any atom is 0.124 e. The Bertz CT molecular complexity index is 373. The van der Waals surface area contributed by atoms with Crippen LogP contribution >= 0.6 is 0 Å². The standard InChI is InChI=1S/C14H21NO/c1-5-15-14-10(4)16-13-7-6-11(9(2)3)8-12(13)14/h6-10,14-15H,5H2,1-4H3. The molecule has 0 radical (unpaired) electrons. The summed E-state index contributed by atoms with van der Waals surface area (Å²) in [5, 5.41) is 3.49. The normalized spacial score (nSPS) is 23.3. The summed E-state index contributed by atoms with van der Waals surface area (Å²) in [5.41, 5.74) is 2.71. The molecule has 0 saturated heterocycles. The largest absolute Gasteiger partial charge is 0.488 e. The SMILES string of the molecule is CCNC1c2cc(C(C)C)ccc2OC1C. The van der Waals surface area contributed by atoms with Crippen molar-refractivity contribution >= 4 is 0 Å². The van der Waals surface area contributed by atoms with Crippen LogP contribution in [-0.2, 0) is 0 Å². The van der Waals surface area contributed by atoms with Gasteiger partial charge in [-0.2, -0.15) is 0 Å². The van der Waals surface area contributed by atoms with E-state index in [-0.39, 0.29) is 6.10 Å². The highest BCUT2D eigenvalue weighted by Crippen LogP contribution is 2.38. The summed E-state index contributed by atoms with van der Waals surface area (Å²) < 4.78 is 5.84. The van der Waals surface area contributed by atoms with Crippen LogP contribution in [0.15, 0.2) is 18.2 Å². The van der Waals surface area contributed by atoms with Crippen molar-refractivity contribution in [3.63, 3.8) is 0 Å². The lowest BCUT2D eigenvalue weighted by Crippen LogP contribution is -2.28. The molecule has 1 heterocycles. The van der Waals surface area contributed by atoms with Crippen molar-refractivity contribution in [1.29, 1.82) is 0 Å². The van der Waals surface area contributed by atoms with Gasteiger partial charge in [-0.15, -0.1) is 0 Å². The quantitative estimate of drug-likeness (QED) is 0.842. The van der Waals surface area contributed by atoms with Crippen molar-refractivity contribution in [3.8, 4) is 5.75 Å². The third-order valence-electron chi connectivity index (χ3n) is 3.24. The van der Waals surface area contributed by atoms with E-state index < -0.39 is 0 Å². The van der Waals surface area contributed by atoms with Gasteiger partial charge < -0.3 is 10.1 Å². The molecule has 0 aliphatic carbocycles. The molecular formula is C14H21NO. The molecule has 1 aliphatic heterocycles. The minimum atomic E-state index is 0.234. The number of rotatable bonds is 3.